The molecule has 1 aliphatic heterocycles. The van der Waals surface area contributed by atoms with Crippen molar-refractivity contribution in [3.8, 4) is 11.5 Å². The molecule has 1 atom stereocenters. The molecule has 0 spiro atoms. The van der Waals surface area contributed by atoms with Gasteiger partial charge in [-0.25, -0.2) is 0 Å². The summed E-state index contributed by atoms with van der Waals surface area (Å²) in [5.74, 6) is 0.926. The van der Waals surface area contributed by atoms with Crippen LogP contribution in [0.1, 0.15) is 41.2 Å². The number of phenols is 1. The van der Waals surface area contributed by atoms with E-state index >= 15 is 0 Å². The normalized spacial score (nSPS) is 19.2. The highest BCUT2D eigenvalue weighted by molar-refractivity contribution is 5.85. The van der Waals surface area contributed by atoms with Gasteiger partial charge in [-0.2, -0.15) is 0 Å². The van der Waals surface area contributed by atoms with Gasteiger partial charge in [0.25, 0.3) is 5.91 Å². The topological polar surface area (TPSA) is 84.6 Å². The number of aromatic hydroxyl groups is 1. The molecule has 6 heteroatoms. The molecular formula is C19H24N2O4. The van der Waals surface area contributed by atoms with Crippen LogP contribution in [0.4, 0.5) is 0 Å². The first-order chi connectivity index (χ1) is 11.8. The standard InChI is InChI=1S/C19H24N2O4/c1-11-12(2)17-15(13(3)16(11)22)5-7-19(4,25-17)18(23)20-8-6-14-9-21-24-10-14/h9-10,22H,5-8H2,1-4H3,(H,20,23). The van der Waals surface area contributed by atoms with Gasteiger partial charge in [-0.15, -0.1) is 0 Å². The van der Waals surface area contributed by atoms with Gasteiger partial charge < -0.3 is 19.7 Å². The Balaban J connectivity index is 1.75. The lowest BCUT2D eigenvalue weighted by Crippen LogP contribution is -2.51. The number of carbonyl (C=O) groups excluding carboxylic acids is 1. The Morgan fingerprint density at radius 3 is 2.76 bits per heavy atom. The third-order valence-electron chi connectivity index (χ3n) is 5.18. The molecule has 2 heterocycles. The summed E-state index contributed by atoms with van der Waals surface area (Å²) in [6, 6.07) is 0. The zero-order valence-electron chi connectivity index (χ0n) is 15.1. The van der Waals surface area contributed by atoms with Gasteiger partial charge in [0.15, 0.2) is 5.60 Å². The van der Waals surface area contributed by atoms with Crippen molar-refractivity contribution in [2.24, 2.45) is 0 Å². The van der Waals surface area contributed by atoms with Gasteiger partial charge in [0, 0.05) is 24.1 Å². The molecule has 25 heavy (non-hydrogen) atoms. The average molecular weight is 344 g/mol. The Labute approximate surface area is 147 Å². The number of carbonyl (C=O) groups is 1. The maximum atomic E-state index is 12.7. The summed E-state index contributed by atoms with van der Waals surface area (Å²) in [6.45, 7) is 8.00. The number of phenolic OH excluding ortho intramolecular Hbond substituents is 1. The fourth-order valence-electron chi connectivity index (χ4n) is 3.27. The number of nitrogens with one attached hydrogen (secondary N) is 1. The van der Waals surface area contributed by atoms with Gasteiger partial charge in [-0.1, -0.05) is 5.16 Å². The fraction of sp³-hybridized carbons (Fsp3) is 0.474. The molecule has 0 saturated carbocycles. The van der Waals surface area contributed by atoms with E-state index in [0.29, 0.717) is 31.6 Å². The number of benzene rings is 1. The van der Waals surface area contributed by atoms with Crippen molar-refractivity contribution >= 4 is 5.91 Å². The molecule has 0 radical (unpaired) electrons. The Morgan fingerprint density at radius 1 is 1.32 bits per heavy atom. The van der Waals surface area contributed by atoms with Crippen LogP contribution < -0.4 is 10.1 Å². The Morgan fingerprint density at radius 2 is 2.08 bits per heavy atom. The van der Waals surface area contributed by atoms with E-state index in [-0.39, 0.29) is 5.91 Å². The Bertz CT molecular complexity index is 798. The average Bonchev–Trinajstić information content (AvgIpc) is 3.11. The lowest BCUT2D eigenvalue weighted by Gasteiger charge is -2.36. The van der Waals surface area contributed by atoms with Crippen LogP contribution in [-0.2, 0) is 17.6 Å². The molecule has 0 bridgehead atoms. The Kier molecular flexibility index (Phi) is 4.45. The van der Waals surface area contributed by atoms with E-state index < -0.39 is 5.60 Å². The molecule has 0 fully saturated rings. The predicted octanol–water partition coefficient (Wildman–Crippen LogP) is 2.75. The first-order valence-electron chi connectivity index (χ1n) is 8.50. The second kappa shape index (κ2) is 6.43. The SMILES string of the molecule is Cc1c(C)c2c(c(C)c1O)CCC(C)(C(=O)NCCc1cnoc1)O2. The number of nitrogens with zero attached hydrogens (tertiary/aromatic N) is 1. The molecule has 134 valence electrons. The lowest BCUT2D eigenvalue weighted by molar-refractivity contribution is -0.136. The van der Waals surface area contributed by atoms with Crippen LogP contribution in [-0.4, -0.2) is 28.3 Å². The van der Waals surface area contributed by atoms with E-state index in [9.17, 15) is 9.90 Å². The molecule has 0 aliphatic carbocycles. The first-order valence-corrected chi connectivity index (χ1v) is 8.50. The van der Waals surface area contributed by atoms with Crippen molar-refractivity contribution in [1.29, 1.82) is 0 Å². The van der Waals surface area contributed by atoms with Crippen LogP contribution in [0.5, 0.6) is 11.5 Å². The number of aromatic nitrogens is 1. The summed E-state index contributed by atoms with van der Waals surface area (Å²) < 4.78 is 10.9. The molecule has 6 nitrogen and oxygen atoms in total. The van der Waals surface area contributed by atoms with Crippen molar-refractivity contribution in [2.75, 3.05) is 6.54 Å². The largest absolute Gasteiger partial charge is 0.507 e. The summed E-state index contributed by atoms with van der Waals surface area (Å²) >= 11 is 0. The van der Waals surface area contributed by atoms with Crippen LogP contribution in [0.15, 0.2) is 17.0 Å². The molecule has 1 aromatic heterocycles. The minimum Gasteiger partial charge on any atom is -0.507 e. The predicted molar refractivity (Wildman–Crippen MR) is 92.9 cm³/mol. The van der Waals surface area contributed by atoms with Crippen molar-refractivity contribution in [3.05, 3.63) is 40.3 Å². The van der Waals surface area contributed by atoms with Crippen LogP contribution in [0, 0.1) is 20.8 Å². The van der Waals surface area contributed by atoms with Crippen molar-refractivity contribution in [3.63, 3.8) is 0 Å². The van der Waals surface area contributed by atoms with E-state index in [1.807, 2.05) is 27.7 Å². The number of fused-ring (bicyclic) bond motifs is 1. The van der Waals surface area contributed by atoms with Crippen LogP contribution in [0.3, 0.4) is 0 Å². The van der Waals surface area contributed by atoms with E-state index in [0.717, 1.165) is 33.6 Å². The van der Waals surface area contributed by atoms with E-state index in [2.05, 4.69) is 10.5 Å². The summed E-state index contributed by atoms with van der Waals surface area (Å²) in [5, 5.41) is 16.8. The van der Waals surface area contributed by atoms with Crippen LogP contribution in [0.25, 0.3) is 0 Å². The number of amides is 1. The minimum absolute atomic E-state index is 0.127. The van der Waals surface area contributed by atoms with Crippen LogP contribution in [0.2, 0.25) is 0 Å². The van der Waals surface area contributed by atoms with E-state index in [1.54, 1.807) is 12.5 Å². The van der Waals surface area contributed by atoms with Crippen LogP contribution >= 0.6 is 0 Å². The van der Waals surface area contributed by atoms with Gasteiger partial charge in [0.2, 0.25) is 0 Å². The molecule has 2 aromatic rings. The summed E-state index contributed by atoms with van der Waals surface area (Å²) in [6.07, 6.45) is 5.14. The summed E-state index contributed by atoms with van der Waals surface area (Å²) in [4.78, 5) is 12.7. The van der Waals surface area contributed by atoms with Crippen molar-refractivity contribution in [2.45, 2.75) is 52.6 Å². The second-order valence-electron chi connectivity index (χ2n) is 6.90. The number of hydrogen-bond donors (Lipinski definition) is 2. The molecule has 1 unspecified atom stereocenters. The summed E-state index contributed by atoms with van der Waals surface area (Å²) in [7, 11) is 0. The van der Waals surface area contributed by atoms with Gasteiger partial charge in [-0.3, -0.25) is 4.79 Å². The highest BCUT2D eigenvalue weighted by Crippen LogP contribution is 2.43. The Hall–Kier alpha value is -2.50. The van der Waals surface area contributed by atoms with Crippen molar-refractivity contribution in [1.82, 2.24) is 10.5 Å². The third kappa shape index (κ3) is 3.08. The van der Waals surface area contributed by atoms with E-state index in [4.69, 9.17) is 9.26 Å². The van der Waals surface area contributed by atoms with Crippen molar-refractivity contribution < 1.29 is 19.2 Å². The molecule has 2 N–H and O–H groups in total. The lowest BCUT2D eigenvalue weighted by atomic mass is 9.86. The molecule has 1 aromatic carbocycles. The molecular weight excluding hydrogens is 320 g/mol. The van der Waals surface area contributed by atoms with Gasteiger partial charge in [0.05, 0.1) is 6.20 Å². The van der Waals surface area contributed by atoms with Gasteiger partial charge in [-0.05, 0) is 57.2 Å². The zero-order valence-corrected chi connectivity index (χ0v) is 15.1. The number of ether oxygens (including phenoxy) is 1. The monoisotopic (exact) mass is 344 g/mol. The first kappa shape index (κ1) is 17.3. The maximum absolute atomic E-state index is 12.7. The zero-order chi connectivity index (χ0) is 18.2. The molecule has 1 amide bonds. The minimum atomic E-state index is -0.914. The highest BCUT2D eigenvalue weighted by atomic mass is 16.5. The van der Waals surface area contributed by atoms with Gasteiger partial charge >= 0.3 is 0 Å². The summed E-state index contributed by atoms with van der Waals surface area (Å²) in [5.41, 5.74) is 3.55. The second-order valence-corrected chi connectivity index (χ2v) is 6.90. The molecule has 3 rings (SSSR count). The molecule has 1 aliphatic rings. The highest BCUT2D eigenvalue weighted by Gasteiger charge is 2.40. The van der Waals surface area contributed by atoms with Gasteiger partial charge in [0.1, 0.15) is 17.8 Å². The quantitative estimate of drug-likeness (QED) is 0.891. The maximum Gasteiger partial charge on any atom is 0.263 e. The number of rotatable bonds is 4. The number of hydrogen-bond acceptors (Lipinski definition) is 5. The smallest absolute Gasteiger partial charge is 0.263 e. The fourth-order valence-corrected chi connectivity index (χ4v) is 3.27. The van der Waals surface area contributed by atoms with E-state index in [1.165, 1.54) is 0 Å². The molecule has 0 saturated heterocycles. The third-order valence-corrected chi connectivity index (χ3v) is 5.18.